The number of rotatable bonds is 10. The highest BCUT2D eigenvalue weighted by molar-refractivity contribution is 7.89. The van der Waals surface area contributed by atoms with Crippen molar-refractivity contribution in [2.75, 3.05) is 25.4 Å². The molecule has 9 heteroatoms. The molecule has 0 atom stereocenters. The number of aromatic nitrogens is 1. The highest BCUT2D eigenvalue weighted by atomic mass is 35.5. The predicted molar refractivity (Wildman–Crippen MR) is 149 cm³/mol. The third-order valence-electron chi connectivity index (χ3n) is 5.50. The fraction of sp³-hybridized carbons (Fsp3) is 0.192. The summed E-state index contributed by atoms with van der Waals surface area (Å²) >= 11 is 0. The van der Waals surface area contributed by atoms with Crippen LogP contribution < -0.4 is 15.8 Å². The van der Waals surface area contributed by atoms with E-state index in [-0.39, 0.29) is 29.7 Å². The molecule has 6 nitrogen and oxygen atoms in total. The smallest absolute Gasteiger partial charge is 0.241 e. The maximum absolute atomic E-state index is 13.2. The largest absolute Gasteiger partial charge is 0.399 e. The molecular formula is C26H30Cl2N4O2S. The number of benzene rings is 3. The van der Waals surface area contributed by atoms with Crippen LogP contribution in [0.15, 0.2) is 90.1 Å². The molecule has 4 aromatic rings. The molecule has 186 valence electrons. The zero-order valence-electron chi connectivity index (χ0n) is 19.2. The third kappa shape index (κ3) is 7.65. The number of sulfonamides is 1. The van der Waals surface area contributed by atoms with Gasteiger partial charge in [-0.15, -0.1) is 24.8 Å². The molecule has 35 heavy (non-hydrogen) atoms. The van der Waals surface area contributed by atoms with Gasteiger partial charge in [-0.25, -0.2) is 13.1 Å². The summed E-state index contributed by atoms with van der Waals surface area (Å²) in [5, 5.41) is 4.76. The monoisotopic (exact) mass is 532 g/mol. The predicted octanol–water partition coefficient (Wildman–Crippen LogP) is 4.83. The van der Waals surface area contributed by atoms with Crippen LogP contribution in [0.25, 0.3) is 21.9 Å². The number of hydrogen-bond acceptors (Lipinski definition) is 5. The third-order valence-corrected chi connectivity index (χ3v) is 7.01. The second-order valence-electron chi connectivity index (χ2n) is 7.93. The zero-order chi connectivity index (χ0) is 23.1. The summed E-state index contributed by atoms with van der Waals surface area (Å²) in [5.74, 6) is 0. The van der Waals surface area contributed by atoms with Gasteiger partial charge in [0.05, 0.1) is 4.90 Å². The lowest BCUT2D eigenvalue weighted by atomic mass is 10.0. The molecule has 4 N–H and O–H groups in total. The number of anilines is 1. The first kappa shape index (κ1) is 28.6. The molecule has 0 spiro atoms. The van der Waals surface area contributed by atoms with E-state index < -0.39 is 10.0 Å². The Bertz CT molecular complexity index is 1320. The molecular weight excluding hydrogens is 503 g/mol. The van der Waals surface area contributed by atoms with Crippen LogP contribution in [0, 0.1) is 0 Å². The minimum absolute atomic E-state index is 0. The van der Waals surface area contributed by atoms with Crippen LogP contribution in [-0.2, 0) is 16.4 Å². The Morgan fingerprint density at radius 2 is 1.57 bits per heavy atom. The van der Waals surface area contributed by atoms with Crippen molar-refractivity contribution in [3.8, 4) is 11.1 Å². The lowest BCUT2D eigenvalue weighted by Crippen LogP contribution is -2.32. The number of nitrogens with one attached hydrogen (secondary N) is 2. The second kappa shape index (κ2) is 13.4. The summed E-state index contributed by atoms with van der Waals surface area (Å²) < 4.78 is 29.1. The Hall–Kier alpha value is -2.68. The van der Waals surface area contributed by atoms with Crippen LogP contribution in [-0.4, -0.2) is 33.0 Å². The van der Waals surface area contributed by atoms with Gasteiger partial charge in [0.25, 0.3) is 0 Å². The van der Waals surface area contributed by atoms with Gasteiger partial charge in [0, 0.05) is 41.9 Å². The van der Waals surface area contributed by atoms with Gasteiger partial charge in [-0.3, -0.25) is 4.98 Å². The Labute approximate surface area is 219 Å². The van der Waals surface area contributed by atoms with Crippen molar-refractivity contribution in [2.24, 2.45) is 0 Å². The maximum atomic E-state index is 13.2. The number of aryl methyl sites for hydroxylation is 1. The molecule has 0 amide bonds. The van der Waals surface area contributed by atoms with Gasteiger partial charge >= 0.3 is 0 Å². The summed E-state index contributed by atoms with van der Waals surface area (Å²) in [6.07, 6.45) is 5.23. The highest BCUT2D eigenvalue weighted by Crippen LogP contribution is 2.30. The van der Waals surface area contributed by atoms with Crippen LogP contribution >= 0.6 is 24.8 Å². The number of pyridine rings is 1. The fourth-order valence-corrected chi connectivity index (χ4v) is 5.06. The van der Waals surface area contributed by atoms with Crippen molar-refractivity contribution in [1.29, 1.82) is 0 Å². The first-order chi connectivity index (χ1) is 16.0. The molecule has 0 bridgehead atoms. The Kier molecular flexibility index (Phi) is 10.9. The SMILES string of the molecule is Cl.Cl.Nc1ccc(CCCNCCNS(=O)(=O)c2cc(-c3ccccc3)cc3cnccc23)cc1. The molecule has 0 saturated heterocycles. The first-order valence-electron chi connectivity index (χ1n) is 11.0. The van der Waals surface area contributed by atoms with E-state index in [1.54, 1.807) is 24.5 Å². The van der Waals surface area contributed by atoms with Gasteiger partial charge in [0.15, 0.2) is 0 Å². The van der Waals surface area contributed by atoms with Crippen molar-refractivity contribution >= 4 is 51.3 Å². The molecule has 1 heterocycles. The van der Waals surface area contributed by atoms with Gasteiger partial charge in [0.2, 0.25) is 10.0 Å². The van der Waals surface area contributed by atoms with E-state index in [9.17, 15) is 8.42 Å². The van der Waals surface area contributed by atoms with E-state index in [0.717, 1.165) is 41.6 Å². The number of nitrogen functional groups attached to an aromatic ring is 1. The number of halogens is 2. The topological polar surface area (TPSA) is 97.1 Å². The minimum atomic E-state index is -3.69. The highest BCUT2D eigenvalue weighted by Gasteiger charge is 2.18. The van der Waals surface area contributed by atoms with Gasteiger partial charge in [-0.05, 0) is 66.4 Å². The summed E-state index contributed by atoms with van der Waals surface area (Å²) in [6.45, 7) is 1.68. The summed E-state index contributed by atoms with van der Waals surface area (Å²) in [7, 11) is -3.69. The van der Waals surface area contributed by atoms with Crippen LogP contribution in [0.1, 0.15) is 12.0 Å². The fourth-order valence-electron chi connectivity index (χ4n) is 3.77. The quantitative estimate of drug-likeness (QED) is 0.201. The van der Waals surface area contributed by atoms with Crippen molar-refractivity contribution in [2.45, 2.75) is 17.7 Å². The van der Waals surface area contributed by atoms with Crippen molar-refractivity contribution in [3.63, 3.8) is 0 Å². The molecule has 1 aromatic heterocycles. The number of nitrogens with zero attached hydrogens (tertiary/aromatic N) is 1. The first-order valence-corrected chi connectivity index (χ1v) is 12.5. The summed E-state index contributed by atoms with van der Waals surface area (Å²) in [5.41, 5.74) is 9.52. The molecule has 0 aliphatic carbocycles. The van der Waals surface area contributed by atoms with Crippen LogP contribution in [0.4, 0.5) is 5.69 Å². The van der Waals surface area contributed by atoms with Crippen LogP contribution in [0.2, 0.25) is 0 Å². The molecule has 0 radical (unpaired) electrons. The van der Waals surface area contributed by atoms with Gasteiger partial charge in [-0.1, -0.05) is 42.5 Å². The van der Waals surface area contributed by atoms with Crippen molar-refractivity contribution in [1.82, 2.24) is 15.0 Å². The van der Waals surface area contributed by atoms with Crippen molar-refractivity contribution in [3.05, 3.63) is 90.8 Å². The lowest BCUT2D eigenvalue weighted by Gasteiger charge is -2.13. The molecule has 0 unspecified atom stereocenters. The molecule has 4 rings (SSSR count). The number of fused-ring (bicyclic) bond motifs is 1. The van der Waals surface area contributed by atoms with Gasteiger partial charge in [0.1, 0.15) is 0 Å². The van der Waals surface area contributed by atoms with Gasteiger partial charge < -0.3 is 11.1 Å². The normalized spacial score (nSPS) is 11.0. The Morgan fingerprint density at radius 3 is 2.31 bits per heavy atom. The second-order valence-corrected chi connectivity index (χ2v) is 9.67. The average molecular weight is 534 g/mol. The van der Waals surface area contributed by atoms with E-state index in [1.807, 2.05) is 60.7 Å². The maximum Gasteiger partial charge on any atom is 0.241 e. The van der Waals surface area contributed by atoms with E-state index in [0.29, 0.717) is 18.5 Å². The Morgan fingerprint density at radius 1 is 0.829 bits per heavy atom. The zero-order valence-corrected chi connectivity index (χ0v) is 21.6. The van der Waals surface area contributed by atoms with E-state index in [2.05, 4.69) is 15.0 Å². The molecule has 0 aliphatic rings. The van der Waals surface area contributed by atoms with E-state index >= 15 is 0 Å². The van der Waals surface area contributed by atoms with Crippen LogP contribution in [0.5, 0.6) is 0 Å². The van der Waals surface area contributed by atoms with E-state index in [1.165, 1.54) is 5.56 Å². The molecule has 0 fully saturated rings. The number of hydrogen-bond donors (Lipinski definition) is 3. The standard InChI is InChI=1S/C26H28N4O2S.2ClH/c27-24-10-8-20(9-11-24)5-4-13-28-15-16-30-33(31,32)26-18-22(21-6-2-1-3-7-21)17-23-19-29-14-12-25(23)26;;/h1-3,6-12,14,17-19,28,30H,4-5,13,15-16,27H2;2*1H. The minimum Gasteiger partial charge on any atom is -0.399 e. The number of nitrogens with two attached hydrogens (primary N) is 1. The molecule has 3 aromatic carbocycles. The van der Waals surface area contributed by atoms with Crippen LogP contribution in [0.3, 0.4) is 0 Å². The Balaban J connectivity index is 0.00000216. The average Bonchev–Trinajstić information content (AvgIpc) is 2.84. The lowest BCUT2D eigenvalue weighted by molar-refractivity contribution is 0.575. The van der Waals surface area contributed by atoms with Crippen molar-refractivity contribution < 1.29 is 8.42 Å². The molecule has 0 aliphatic heterocycles. The molecule has 0 saturated carbocycles. The summed E-state index contributed by atoms with van der Waals surface area (Å²) in [4.78, 5) is 4.44. The van der Waals surface area contributed by atoms with Gasteiger partial charge in [-0.2, -0.15) is 0 Å². The summed E-state index contributed by atoms with van der Waals surface area (Å²) in [6, 6.07) is 23.1. The van der Waals surface area contributed by atoms with E-state index in [4.69, 9.17) is 5.73 Å².